The third-order valence-corrected chi connectivity index (χ3v) is 5.48. The molecule has 0 atom stereocenters. The molecule has 3 aromatic rings. The molecule has 0 radical (unpaired) electrons. The van der Waals surface area contributed by atoms with E-state index in [1.807, 2.05) is 24.4 Å². The van der Waals surface area contributed by atoms with Crippen molar-refractivity contribution in [2.75, 3.05) is 11.9 Å². The number of amides is 2. The Labute approximate surface area is 165 Å². The summed E-state index contributed by atoms with van der Waals surface area (Å²) in [6.07, 6.45) is -0.543. The number of carbonyl (C=O) groups is 2. The maximum Gasteiger partial charge on any atom is 0.411 e. The van der Waals surface area contributed by atoms with Gasteiger partial charge in [0.15, 0.2) is 0 Å². The van der Waals surface area contributed by atoms with Crippen LogP contribution in [-0.2, 0) is 11.3 Å². The van der Waals surface area contributed by atoms with Gasteiger partial charge < -0.3 is 10.1 Å². The molecule has 0 fully saturated rings. The number of hydrogen-bond acceptors (Lipinski definition) is 6. The Morgan fingerprint density at radius 2 is 2.07 bits per heavy atom. The van der Waals surface area contributed by atoms with Crippen molar-refractivity contribution >= 4 is 40.4 Å². The summed E-state index contributed by atoms with van der Waals surface area (Å²) in [6, 6.07) is 10.7. The molecule has 0 aliphatic rings. The zero-order chi connectivity index (χ0) is 19.2. The van der Waals surface area contributed by atoms with E-state index in [0.717, 1.165) is 20.5 Å². The molecule has 1 aromatic carbocycles. The first kappa shape index (κ1) is 19.1. The fourth-order valence-corrected chi connectivity index (χ4v) is 3.98. The molecule has 0 aliphatic carbocycles. The van der Waals surface area contributed by atoms with Crippen LogP contribution in [-0.4, -0.2) is 23.6 Å². The van der Waals surface area contributed by atoms with Gasteiger partial charge in [-0.25, -0.2) is 9.78 Å². The second kappa shape index (κ2) is 8.79. The number of aryl methyl sites for hydroxylation is 1. The van der Waals surface area contributed by atoms with Gasteiger partial charge in [0.1, 0.15) is 0 Å². The SMILES string of the molecule is CCOC(=O)Nc1cccc(C(=O)NCc2ccc(-c3csc(C)n3)s2)c1. The zero-order valence-corrected chi connectivity index (χ0v) is 16.6. The van der Waals surface area contributed by atoms with Gasteiger partial charge in [0, 0.05) is 21.5 Å². The Morgan fingerprint density at radius 3 is 2.81 bits per heavy atom. The van der Waals surface area contributed by atoms with Crippen LogP contribution in [0.4, 0.5) is 10.5 Å². The van der Waals surface area contributed by atoms with Crippen molar-refractivity contribution in [1.29, 1.82) is 0 Å². The number of hydrogen-bond donors (Lipinski definition) is 2. The Balaban J connectivity index is 1.59. The predicted octanol–water partition coefficient (Wildman–Crippen LogP) is 4.68. The second-order valence-electron chi connectivity index (χ2n) is 5.63. The van der Waals surface area contributed by atoms with Crippen molar-refractivity contribution in [3.8, 4) is 10.6 Å². The average Bonchev–Trinajstić information content (AvgIpc) is 3.29. The van der Waals surface area contributed by atoms with Crippen molar-refractivity contribution in [1.82, 2.24) is 10.3 Å². The largest absolute Gasteiger partial charge is 0.450 e. The smallest absolute Gasteiger partial charge is 0.411 e. The number of anilines is 1. The Bertz CT molecular complexity index is 949. The fraction of sp³-hybridized carbons (Fsp3) is 0.211. The summed E-state index contributed by atoms with van der Waals surface area (Å²) in [5.74, 6) is -0.207. The second-order valence-corrected chi connectivity index (χ2v) is 7.86. The van der Waals surface area contributed by atoms with Crippen LogP contribution in [0.1, 0.15) is 27.2 Å². The van der Waals surface area contributed by atoms with E-state index in [-0.39, 0.29) is 12.5 Å². The summed E-state index contributed by atoms with van der Waals surface area (Å²) in [7, 11) is 0. The van der Waals surface area contributed by atoms with Crippen LogP contribution in [0.15, 0.2) is 41.8 Å². The number of nitrogens with zero attached hydrogens (tertiary/aromatic N) is 1. The third kappa shape index (κ3) is 5.15. The lowest BCUT2D eigenvalue weighted by Crippen LogP contribution is -2.22. The number of benzene rings is 1. The van der Waals surface area contributed by atoms with E-state index in [2.05, 4.69) is 15.6 Å². The van der Waals surface area contributed by atoms with E-state index >= 15 is 0 Å². The van der Waals surface area contributed by atoms with Crippen molar-refractivity contribution in [3.05, 3.63) is 57.2 Å². The first-order chi connectivity index (χ1) is 13.0. The summed E-state index contributed by atoms with van der Waals surface area (Å²) in [4.78, 5) is 30.5. The normalized spacial score (nSPS) is 10.4. The van der Waals surface area contributed by atoms with E-state index in [9.17, 15) is 9.59 Å². The molecule has 2 amide bonds. The Morgan fingerprint density at radius 1 is 1.22 bits per heavy atom. The Hall–Kier alpha value is -2.71. The molecule has 140 valence electrons. The highest BCUT2D eigenvalue weighted by atomic mass is 32.1. The lowest BCUT2D eigenvalue weighted by molar-refractivity contribution is 0.0951. The summed E-state index contributed by atoms with van der Waals surface area (Å²) >= 11 is 3.23. The number of thiophene rings is 1. The summed E-state index contributed by atoms with van der Waals surface area (Å²) in [6.45, 7) is 4.43. The molecule has 2 N–H and O–H groups in total. The molecule has 0 spiro atoms. The van der Waals surface area contributed by atoms with Crippen LogP contribution >= 0.6 is 22.7 Å². The lowest BCUT2D eigenvalue weighted by atomic mass is 10.2. The van der Waals surface area contributed by atoms with Crippen molar-refractivity contribution in [2.24, 2.45) is 0 Å². The highest BCUT2D eigenvalue weighted by Gasteiger charge is 2.10. The van der Waals surface area contributed by atoms with E-state index in [1.165, 1.54) is 0 Å². The molecule has 2 heterocycles. The van der Waals surface area contributed by atoms with E-state index in [1.54, 1.807) is 53.9 Å². The molecule has 6 nitrogen and oxygen atoms in total. The van der Waals surface area contributed by atoms with Crippen LogP contribution in [0, 0.1) is 6.92 Å². The standard InChI is InChI=1S/C19H19N3O3S2/c1-3-25-19(24)22-14-6-4-5-13(9-14)18(23)20-10-15-7-8-17(27-15)16-11-26-12(2)21-16/h4-9,11H,3,10H2,1-2H3,(H,20,23)(H,22,24). The third-order valence-electron chi connectivity index (χ3n) is 3.60. The zero-order valence-electron chi connectivity index (χ0n) is 14.9. The molecule has 8 heteroatoms. The van der Waals surface area contributed by atoms with Gasteiger partial charge in [-0.2, -0.15) is 0 Å². The van der Waals surface area contributed by atoms with Crippen LogP contribution in [0.2, 0.25) is 0 Å². The summed E-state index contributed by atoms with van der Waals surface area (Å²) in [5.41, 5.74) is 1.95. The maximum absolute atomic E-state index is 12.4. The van der Waals surface area contributed by atoms with Gasteiger partial charge in [0.25, 0.3) is 5.91 Å². The fourth-order valence-electron chi connectivity index (χ4n) is 2.38. The van der Waals surface area contributed by atoms with Crippen LogP contribution < -0.4 is 10.6 Å². The number of aromatic nitrogens is 1. The first-order valence-corrected chi connectivity index (χ1v) is 10.1. The summed E-state index contributed by atoms with van der Waals surface area (Å²) in [5, 5.41) is 8.56. The first-order valence-electron chi connectivity index (χ1n) is 8.38. The minimum absolute atomic E-state index is 0.207. The molecule has 0 saturated carbocycles. The maximum atomic E-state index is 12.4. The van der Waals surface area contributed by atoms with E-state index in [0.29, 0.717) is 17.8 Å². The molecular weight excluding hydrogens is 382 g/mol. The van der Waals surface area contributed by atoms with E-state index in [4.69, 9.17) is 4.74 Å². The predicted molar refractivity (Wildman–Crippen MR) is 108 cm³/mol. The van der Waals surface area contributed by atoms with Gasteiger partial charge in [0.2, 0.25) is 0 Å². The van der Waals surface area contributed by atoms with Crippen molar-refractivity contribution in [2.45, 2.75) is 20.4 Å². The average molecular weight is 402 g/mol. The van der Waals surface area contributed by atoms with Crippen LogP contribution in [0.3, 0.4) is 0 Å². The minimum Gasteiger partial charge on any atom is -0.450 e. The number of carbonyl (C=O) groups excluding carboxylic acids is 2. The molecule has 3 rings (SSSR count). The monoisotopic (exact) mass is 401 g/mol. The van der Waals surface area contributed by atoms with Crippen LogP contribution in [0.5, 0.6) is 0 Å². The molecule has 0 bridgehead atoms. The van der Waals surface area contributed by atoms with Crippen LogP contribution in [0.25, 0.3) is 10.6 Å². The quantitative estimate of drug-likeness (QED) is 0.628. The number of nitrogens with one attached hydrogen (secondary N) is 2. The van der Waals surface area contributed by atoms with Gasteiger partial charge in [-0.05, 0) is 44.2 Å². The van der Waals surface area contributed by atoms with Gasteiger partial charge in [-0.15, -0.1) is 22.7 Å². The van der Waals surface area contributed by atoms with Gasteiger partial charge in [-0.3, -0.25) is 10.1 Å². The van der Waals surface area contributed by atoms with Crippen molar-refractivity contribution < 1.29 is 14.3 Å². The van der Waals surface area contributed by atoms with Crippen molar-refractivity contribution in [3.63, 3.8) is 0 Å². The molecule has 0 unspecified atom stereocenters. The summed E-state index contributed by atoms with van der Waals surface area (Å²) < 4.78 is 4.84. The molecule has 0 aliphatic heterocycles. The minimum atomic E-state index is -0.543. The number of thiazole rings is 1. The van der Waals surface area contributed by atoms with Gasteiger partial charge in [0.05, 0.1) is 28.7 Å². The lowest BCUT2D eigenvalue weighted by Gasteiger charge is -2.08. The molecule has 0 saturated heterocycles. The highest BCUT2D eigenvalue weighted by Crippen LogP contribution is 2.29. The molecule has 2 aromatic heterocycles. The highest BCUT2D eigenvalue weighted by molar-refractivity contribution is 7.16. The van der Waals surface area contributed by atoms with E-state index < -0.39 is 6.09 Å². The van der Waals surface area contributed by atoms with Gasteiger partial charge in [-0.1, -0.05) is 6.07 Å². The Kier molecular flexibility index (Phi) is 6.20. The topological polar surface area (TPSA) is 80.3 Å². The van der Waals surface area contributed by atoms with Gasteiger partial charge >= 0.3 is 6.09 Å². The molecular formula is C19H19N3O3S2. The number of rotatable bonds is 6. The number of ether oxygens (including phenoxy) is 1. The molecule has 27 heavy (non-hydrogen) atoms.